The Hall–Kier alpha value is -1.11. The van der Waals surface area contributed by atoms with Crippen LogP contribution in [-0.2, 0) is 4.79 Å². The first-order chi connectivity index (χ1) is 10.2. The molecule has 3 N–H and O–H groups in total. The maximum absolute atomic E-state index is 13.4. The summed E-state index contributed by atoms with van der Waals surface area (Å²) in [6.45, 7) is 6.44. The molecule has 1 amide bonds. The van der Waals surface area contributed by atoms with Crippen LogP contribution in [0.25, 0.3) is 0 Å². The molecule has 1 aromatic rings. The Morgan fingerprint density at radius 3 is 2.95 bits per heavy atom. The molecule has 114 valence electrons. The number of carbonyl (C=O) groups is 1. The Balaban J connectivity index is 1.65. The molecule has 2 heterocycles. The first-order valence-electron chi connectivity index (χ1n) is 7.56. The molecule has 2 saturated heterocycles. The number of carbonyl (C=O) groups excluding carboxylic acids is 1. The van der Waals surface area contributed by atoms with Crippen LogP contribution >= 0.6 is 11.8 Å². The smallest absolute Gasteiger partial charge is 0.234 e. The van der Waals surface area contributed by atoms with Crippen LogP contribution in [-0.4, -0.2) is 55.8 Å². The summed E-state index contributed by atoms with van der Waals surface area (Å²) < 4.78 is 13.4. The van der Waals surface area contributed by atoms with Gasteiger partial charge in [0.25, 0.3) is 0 Å². The van der Waals surface area contributed by atoms with Gasteiger partial charge in [-0.15, -0.1) is 11.8 Å². The molecule has 0 saturated carbocycles. The zero-order chi connectivity index (χ0) is 14.7. The third-order valence-electron chi connectivity index (χ3n) is 4.21. The summed E-state index contributed by atoms with van der Waals surface area (Å²) >= 11 is 1.60. The van der Waals surface area contributed by atoms with Gasteiger partial charge in [0.1, 0.15) is 37.4 Å². The van der Waals surface area contributed by atoms with Gasteiger partial charge in [-0.3, -0.25) is 4.79 Å². The van der Waals surface area contributed by atoms with Crippen LogP contribution in [0.2, 0.25) is 0 Å². The van der Waals surface area contributed by atoms with E-state index in [-0.39, 0.29) is 17.1 Å². The number of quaternary nitrogens is 2. The fourth-order valence-electron chi connectivity index (χ4n) is 3.04. The van der Waals surface area contributed by atoms with E-state index in [1.807, 2.05) is 11.0 Å². The molecule has 0 aliphatic carbocycles. The number of nitrogens with zero attached hydrogens (tertiary/aromatic N) is 1. The largest absolute Gasteiger partial charge is 0.337 e. The molecule has 2 fully saturated rings. The minimum Gasteiger partial charge on any atom is -0.337 e. The van der Waals surface area contributed by atoms with E-state index >= 15 is 0 Å². The highest BCUT2D eigenvalue weighted by atomic mass is 32.2. The molecular weight excluding hydrogens is 289 g/mol. The van der Waals surface area contributed by atoms with Crippen LogP contribution < -0.4 is 10.2 Å². The minimum absolute atomic E-state index is 0.0241. The van der Waals surface area contributed by atoms with Gasteiger partial charge < -0.3 is 15.1 Å². The number of rotatable bonds is 4. The third-order valence-corrected chi connectivity index (χ3v) is 5.47. The first-order valence-corrected chi connectivity index (χ1v) is 8.61. The Morgan fingerprint density at radius 1 is 1.38 bits per heavy atom. The molecule has 1 aromatic carbocycles. The molecule has 0 radical (unpaired) electrons. The molecule has 2 aliphatic rings. The molecule has 2 aliphatic heterocycles. The zero-order valence-corrected chi connectivity index (χ0v) is 12.9. The first kappa shape index (κ1) is 14.8. The number of halogens is 1. The summed E-state index contributed by atoms with van der Waals surface area (Å²) in [7, 11) is 0. The lowest BCUT2D eigenvalue weighted by Crippen LogP contribution is -3.20. The average Bonchev–Trinajstić information content (AvgIpc) is 2.87. The number of hydrogen-bond acceptors (Lipinski definition) is 2. The maximum atomic E-state index is 13.4. The lowest BCUT2D eigenvalue weighted by molar-refractivity contribution is -0.946. The molecule has 0 spiro atoms. The predicted octanol–water partition coefficient (Wildman–Crippen LogP) is -1.14. The van der Waals surface area contributed by atoms with Gasteiger partial charge in [0.15, 0.2) is 0 Å². The summed E-state index contributed by atoms with van der Waals surface area (Å²) in [5, 5.41) is 2.32. The lowest BCUT2D eigenvalue weighted by atomic mass is 10.2. The third kappa shape index (κ3) is 3.56. The second-order valence-electron chi connectivity index (χ2n) is 5.67. The Kier molecular flexibility index (Phi) is 4.77. The molecule has 1 atom stereocenters. The van der Waals surface area contributed by atoms with Crippen molar-refractivity contribution in [2.24, 2.45) is 0 Å². The molecule has 0 aromatic heterocycles. The lowest BCUT2D eigenvalue weighted by Gasteiger charge is -2.28. The highest BCUT2D eigenvalue weighted by molar-refractivity contribution is 8.00. The van der Waals surface area contributed by atoms with E-state index in [2.05, 4.69) is 5.32 Å². The van der Waals surface area contributed by atoms with Gasteiger partial charge >= 0.3 is 0 Å². The van der Waals surface area contributed by atoms with Gasteiger partial charge in [-0.05, 0) is 17.7 Å². The van der Waals surface area contributed by atoms with E-state index in [0.29, 0.717) is 5.75 Å². The Bertz CT molecular complexity index is 507. The van der Waals surface area contributed by atoms with E-state index in [0.717, 1.165) is 18.7 Å². The zero-order valence-electron chi connectivity index (χ0n) is 12.1. The quantitative estimate of drug-likeness (QED) is 0.738. The van der Waals surface area contributed by atoms with Gasteiger partial charge in [-0.25, -0.2) is 4.39 Å². The molecule has 4 nitrogen and oxygen atoms in total. The topological polar surface area (TPSA) is 41.4 Å². The number of thioether (sulfide) groups is 1. The predicted molar refractivity (Wildman–Crippen MR) is 80.5 cm³/mol. The highest BCUT2D eigenvalue weighted by Crippen LogP contribution is 2.38. The van der Waals surface area contributed by atoms with Crippen molar-refractivity contribution in [3.8, 4) is 0 Å². The molecule has 0 unspecified atom stereocenters. The van der Waals surface area contributed by atoms with E-state index in [9.17, 15) is 9.18 Å². The van der Waals surface area contributed by atoms with Crippen molar-refractivity contribution in [1.82, 2.24) is 4.90 Å². The van der Waals surface area contributed by atoms with E-state index in [1.165, 1.54) is 32.2 Å². The average molecular weight is 311 g/mol. The fraction of sp³-hybridized carbons (Fsp3) is 0.533. The van der Waals surface area contributed by atoms with Gasteiger partial charge in [0.05, 0.1) is 18.8 Å². The van der Waals surface area contributed by atoms with Gasteiger partial charge in [-0.1, -0.05) is 12.1 Å². The number of benzene rings is 1. The second kappa shape index (κ2) is 6.77. The van der Waals surface area contributed by atoms with E-state index in [4.69, 9.17) is 0 Å². The van der Waals surface area contributed by atoms with Gasteiger partial charge in [0, 0.05) is 0 Å². The van der Waals surface area contributed by atoms with E-state index in [1.54, 1.807) is 28.8 Å². The van der Waals surface area contributed by atoms with Crippen LogP contribution in [0.5, 0.6) is 0 Å². The molecular formula is C15H22FN3OS+2. The van der Waals surface area contributed by atoms with Crippen LogP contribution in [0.3, 0.4) is 0 Å². The number of piperazine rings is 1. The molecule has 3 rings (SSSR count). The number of hydrogen-bond donors (Lipinski definition) is 2. The van der Waals surface area contributed by atoms with E-state index < -0.39 is 0 Å². The monoisotopic (exact) mass is 311 g/mol. The van der Waals surface area contributed by atoms with Crippen LogP contribution in [0.15, 0.2) is 24.3 Å². The summed E-state index contributed by atoms with van der Waals surface area (Å²) in [5.74, 6) is 0.450. The summed E-state index contributed by atoms with van der Waals surface area (Å²) in [5.41, 5.74) is 0.896. The number of amides is 1. The Morgan fingerprint density at radius 2 is 2.19 bits per heavy atom. The van der Waals surface area contributed by atoms with Crippen LogP contribution in [0.1, 0.15) is 10.9 Å². The van der Waals surface area contributed by atoms with Crippen molar-refractivity contribution < 1.29 is 19.4 Å². The van der Waals surface area contributed by atoms with Crippen molar-refractivity contribution >= 4 is 17.7 Å². The van der Waals surface area contributed by atoms with Crippen molar-refractivity contribution in [2.75, 3.05) is 45.0 Å². The SMILES string of the molecule is O=C1CS[C@H](c2cccc(F)c2)N1CC[NH+]1CC[NH2+]CC1. The van der Waals surface area contributed by atoms with Crippen molar-refractivity contribution in [3.63, 3.8) is 0 Å². The second-order valence-corrected chi connectivity index (χ2v) is 6.74. The summed E-state index contributed by atoms with van der Waals surface area (Å²) in [6, 6.07) is 6.63. The van der Waals surface area contributed by atoms with Gasteiger partial charge in [0.2, 0.25) is 5.91 Å². The number of nitrogens with two attached hydrogens (primary N) is 1. The summed E-state index contributed by atoms with van der Waals surface area (Å²) in [4.78, 5) is 15.6. The normalized spacial score (nSPS) is 23.8. The standard InChI is InChI=1S/C15H20FN3OS/c16-13-3-1-2-12(10-13)15-19(14(20)11-21-15)9-8-18-6-4-17-5-7-18/h1-3,10,15,17H,4-9,11H2/p+2/t15-/m1/s1. The molecule has 6 heteroatoms. The molecule has 21 heavy (non-hydrogen) atoms. The molecule has 0 bridgehead atoms. The maximum Gasteiger partial charge on any atom is 0.234 e. The van der Waals surface area contributed by atoms with Gasteiger partial charge in [-0.2, -0.15) is 0 Å². The highest BCUT2D eigenvalue weighted by Gasteiger charge is 2.33. The summed E-state index contributed by atoms with van der Waals surface area (Å²) in [6.07, 6.45) is 0. The van der Waals surface area contributed by atoms with Crippen molar-refractivity contribution in [1.29, 1.82) is 0 Å². The van der Waals surface area contributed by atoms with Crippen LogP contribution in [0, 0.1) is 5.82 Å². The fourth-order valence-corrected chi connectivity index (χ4v) is 4.25. The van der Waals surface area contributed by atoms with Crippen molar-refractivity contribution in [3.05, 3.63) is 35.6 Å². The minimum atomic E-state index is -0.232. The van der Waals surface area contributed by atoms with Crippen molar-refractivity contribution in [2.45, 2.75) is 5.37 Å². The van der Waals surface area contributed by atoms with Crippen LogP contribution in [0.4, 0.5) is 4.39 Å². The Labute approximate surface area is 128 Å². The number of nitrogens with one attached hydrogen (secondary N) is 1.